The fraction of sp³-hybridized carbons (Fsp3) is 0.0667. The van der Waals surface area contributed by atoms with E-state index in [0.717, 1.165) is 11.1 Å². The van der Waals surface area contributed by atoms with E-state index in [0.29, 0.717) is 22.6 Å². The van der Waals surface area contributed by atoms with Crippen LogP contribution in [-0.4, -0.2) is 14.5 Å². The van der Waals surface area contributed by atoms with Crippen LogP contribution < -0.4 is 16.1 Å². The van der Waals surface area contributed by atoms with E-state index in [1.54, 1.807) is 6.33 Å². The van der Waals surface area contributed by atoms with E-state index in [-0.39, 0.29) is 5.56 Å². The van der Waals surface area contributed by atoms with Gasteiger partial charge in [0.15, 0.2) is 5.52 Å². The van der Waals surface area contributed by atoms with Crippen molar-refractivity contribution in [1.29, 1.82) is 0 Å². The molecular formula is C15H13N3O. The molecule has 0 atom stereocenters. The van der Waals surface area contributed by atoms with Gasteiger partial charge in [-0.3, -0.25) is 4.79 Å². The first-order chi connectivity index (χ1) is 9.16. The van der Waals surface area contributed by atoms with Gasteiger partial charge in [-0.15, -0.1) is 0 Å². The molecular weight excluding hydrogens is 238 g/mol. The van der Waals surface area contributed by atoms with E-state index in [2.05, 4.69) is 23.1 Å². The van der Waals surface area contributed by atoms with Gasteiger partial charge < -0.3 is 9.55 Å². The highest BCUT2D eigenvalue weighted by Gasteiger charge is 2.08. The number of hydrogen-bond donors (Lipinski definition) is 1. The first kappa shape index (κ1) is 11.5. The van der Waals surface area contributed by atoms with E-state index < -0.39 is 0 Å². The van der Waals surface area contributed by atoms with Crippen LogP contribution in [0.5, 0.6) is 0 Å². The summed E-state index contributed by atoms with van der Waals surface area (Å²) in [6, 6.07) is 10.0. The Morgan fingerprint density at radius 2 is 1.95 bits per heavy atom. The topological polar surface area (TPSA) is 50.7 Å². The summed E-state index contributed by atoms with van der Waals surface area (Å²) < 4.78 is 1.93. The fourth-order valence-electron chi connectivity index (χ4n) is 2.18. The van der Waals surface area contributed by atoms with Crippen LogP contribution in [0.1, 0.15) is 5.56 Å². The van der Waals surface area contributed by atoms with Crippen LogP contribution >= 0.6 is 0 Å². The van der Waals surface area contributed by atoms with E-state index in [4.69, 9.17) is 0 Å². The third-order valence-electron chi connectivity index (χ3n) is 3.16. The Kier molecular flexibility index (Phi) is 2.56. The Labute approximate surface area is 109 Å². The first-order valence-corrected chi connectivity index (χ1v) is 5.96. The Morgan fingerprint density at radius 3 is 2.68 bits per heavy atom. The second-order valence-electron chi connectivity index (χ2n) is 4.47. The summed E-state index contributed by atoms with van der Waals surface area (Å²) >= 11 is 0. The molecule has 0 unspecified atom stereocenters. The smallest absolute Gasteiger partial charge is 0.276 e. The number of H-pyrrole nitrogens is 1. The molecule has 0 aliphatic heterocycles. The predicted molar refractivity (Wildman–Crippen MR) is 76.2 cm³/mol. The molecule has 94 valence electrons. The number of benzene rings is 1. The van der Waals surface area contributed by atoms with E-state index in [9.17, 15) is 4.79 Å². The van der Waals surface area contributed by atoms with Crippen LogP contribution in [0, 0.1) is 0 Å². The molecule has 1 aromatic carbocycles. The molecule has 4 heteroatoms. The van der Waals surface area contributed by atoms with E-state index in [1.165, 1.54) is 0 Å². The van der Waals surface area contributed by atoms with Crippen molar-refractivity contribution in [3.8, 4) is 0 Å². The molecule has 19 heavy (non-hydrogen) atoms. The van der Waals surface area contributed by atoms with Gasteiger partial charge in [0.2, 0.25) is 0 Å². The molecule has 0 saturated carbocycles. The molecule has 3 rings (SSSR count). The van der Waals surface area contributed by atoms with Crippen molar-refractivity contribution < 1.29 is 0 Å². The average Bonchev–Trinajstić information content (AvgIpc) is 2.82. The van der Waals surface area contributed by atoms with Crippen molar-refractivity contribution in [2.24, 2.45) is 0 Å². The lowest BCUT2D eigenvalue weighted by Crippen LogP contribution is -2.33. The number of nitrogens with zero attached hydrogens (tertiary/aromatic N) is 2. The minimum absolute atomic E-state index is 0.223. The maximum absolute atomic E-state index is 11.8. The number of aromatic amines is 1. The molecule has 4 nitrogen and oxygen atoms in total. The Hall–Kier alpha value is -2.62. The maximum atomic E-state index is 11.8. The summed E-state index contributed by atoms with van der Waals surface area (Å²) in [4.78, 5) is 18.6. The minimum Gasteiger partial charge on any atom is -0.325 e. The summed E-state index contributed by atoms with van der Waals surface area (Å²) in [6.07, 6.45) is 1.67. The van der Waals surface area contributed by atoms with Crippen molar-refractivity contribution in [3.05, 3.63) is 63.1 Å². The predicted octanol–water partition coefficient (Wildman–Crippen LogP) is 0.593. The molecule has 0 radical (unpaired) electrons. The average molecular weight is 251 g/mol. The van der Waals surface area contributed by atoms with Gasteiger partial charge in [-0.25, -0.2) is 4.98 Å². The van der Waals surface area contributed by atoms with Crippen molar-refractivity contribution in [2.45, 2.75) is 6.54 Å². The highest BCUT2D eigenvalue weighted by Crippen LogP contribution is 2.07. The molecule has 0 fully saturated rings. The molecule has 0 saturated heterocycles. The van der Waals surface area contributed by atoms with E-state index in [1.807, 2.05) is 34.9 Å². The molecule has 0 aliphatic carbocycles. The van der Waals surface area contributed by atoms with Crippen molar-refractivity contribution in [3.63, 3.8) is 0 Å². The van der Waals surface area contributed by atoms with Gasteiger partial charge in [-0.1, -0.05) is 43.5 Å². The van der Waals surface area contributed by atoms with Crippen LogP contribution in [0.2, 0.25) is 0 Å². The lowest BCUT2D eigenvalue weighted by Gasteiger charge is -2.04. The normalized spacial score (nSPS) is 10.9. The van der Waals surface area contributed by atoms with Crippen LogP contribution in [0.4, 0.5) is 0 Å². The lowest BCUT2D eigenvalue weighted by atomic mass is 10.2. The number of pyridine rings is 1. The number of hydrogen-bond acceptors (Lipinski definition) is 2. The molecule has 0 amide bonds. The Morgan fingerprint density at radius 1 is 1.21 bits per heavy atom. The number of imidazole rings is 1. The van der Waals surface area contributed by atoms with Gasteiger partial charge in [-0.2, -0.15) is 0 Å². The molecule has 2 aromatic heterocycles. The lowest BCUT2D eigenvalue weighted by molar-refractivity contribution is 0.822. The molecule has 3 aromatic rings. The monoisotopic (exact) mass is 251 g/mol. The Balaban J connectivity index is 2.24. The van der Waals surface area contributed by atoms with Gasteiger partial charge in [0.25, 0.3) is 5.56 Å². The molecule has 0 bridgehead atoms. The largest absolute Gasteiger partial charge is 0.325 e. The van der Waals surface area contributed by atoms with Gasteiger partial charge in [0.1, 0.15) is 0 Å². The van der Waals surface area contributed by atoms with Crippen LogP contribution in [0.15, 0.2) is 41.5 Å². The highest BCUT2D eigenvalue weighted by molar-refractivity contribution is 5.74. The molecule has 2 heterocycles. The summed E-state index contributed by atoms with van der Waals surface area (Å²) in [5.41, 5.74) is 2.08. The van der Waals surface area contributed by atoms with Gasteiger partial charge >= 0.3 is 0 Å². The van der Waals surface area contributed by atoms with Crippen molar-refractivity contribution in [2.75, 3.05) is 0 Å². The van der Waals surface area contributed by atoms with Crippen LogP contribution in [0.3, 0.4) is 0 Å². The number of rotatable bonds is 2. The Bertz CT molecular complexity index is 891. The minimum atomic E-state index is -0.223. The molecule has 0 spiro atoms. The van der Waals surface area contributed by atoms with Crippen molar-refractivity contribution >= 4 is 24.2 Å². The van der Waals surface area contributed by atoms with Gasteiger partial charge in [-0.05, 0) is 5.56 Å². The second-order valence-corrected chi connectivity index (χ2v) is 4.47. The van der Waals surface area contributed by atoms with Crippen LogP contribution in [0.25, 0.3) is 24.2 Å². The second kappa shape index (κ2) is 4.24. The summed E-state index contributed by atoms with van der Waals surface area (Å²) in [6.45, 7) is 8.43. The van der Waals surface area contributed by atoms with Gasteiger partial charge in [0.05, 0.1) is 11.8 Å². The number of nitrogens with one attached hydrogen (secondary N) is 1. The SMILES string of the molecule is C=c1[nH]c(=O)c2ncn(Cc3ccccc3)c2c1=C. The fourth-order valence-corrected chi connectivity index (χ4v) is 2.18. The zero-order chi connectivity index (χ0) is 13.4. The van der Waals surface area contributed by atoms with Crippen molar-refractivity contribution in [1.82, 2.24) is 14.5 Å². The summed E-state index contributed by atoms with van der Waals surface area (Å²) in [5.74, 6) is 0. The maximum Gasteiger partial charge on any atom is 0.276 e. The third kappa shape index (κ3) is 1.87. The third-order valence-corrected chi connectivity index (χ3v) is 3.16. The molecule has 1 N–H and O–H groups in total. The first-order valence-electron chi connectivity index (χ1n) is 5.96. The zero-order valence-electron chi connectivity index (χ0n) is 10.4. The summed E-state index contributed by atoms with van der Waals surface area (Å²) in [5, 5.41) is 1.25. The highest BCUT2D eigenvalue weighted by atomic mass is 16.1. The summed E-state index contributed by atoms with van der Waals surface area (Å²) in [7, 11) is 0. The van der Waals surface area contributed by atoms with E-state index >= 15 is 0 Å². The van der Waals surface area contributed by atoms with Crippen LogP contribution in [-0.2, 0) is 6.54 Å². The van der Waals surface area contributed by atoms with Gasteiger partial charge in [0, 0.05) is 17.1 Å². The number of fused-ring (bicyclic) bond motifs is 1. The zero-order valence-corrected chi connectivity index (χ0v) is 10.4. The number of aromatic nitrogens is 3. The quantitative estimate of drug-likeness (QED) is 0.725. The molecule has 0 aliphatic rings. The standard InChI is InChI=1S/C15H13N3O/c1-10-11(2)17-15(19)13-14(10)18(9-16-13)8-12-6-4-3-5-7-12/h3-7,9H,1-2,8H2,(H,17,19).